The van der Waals surface area contributed by atoms with Gasteiger partial charge >= 0.3 is 6.18 Å². The first-order valence-electron chi connectivity index (χ1n) is 4.87. The number of aryl methyl sites for hydroxylation is 1. The van der Waals surface area contributed by atoms with Gasteiger partial charge in [0.25, 0.3) is 5.91 Å². The predicted octanol–water partition coefficient (Wildman–Crippen LogP) is 1.34. The van der Waals surface area contributed by atoms with E-state index < -0.39 is 23.5 Å². The fourth-order valence-electron chi connectivity index (χ4n) is 1.94. The van der Waals surface area contributed by atoms with Crippen molar-refractivity contribution in [2.45, 2.75) is 32.0 Å². The number of hydrogen-bond acceptors (Lipinski definition) is 2. The van der Waals surface area contributed by atoms with Gasteiger partial charge in [-0.2, -0.15) is 13.2 Å². The van der Waals surface area contributed by atoms with Crippen LogP contribution in [0.15, 0.2) is 0 Å². The molecular formula is C9H10F3N3O. The smallest absolute Gasteiger partial charge is 0.364 e. The SMILES string of the molecule is NC(=O)c1nc2n(c1C(F)(F)F)CCCC2. The van der Waals surface area contributed by atoms with Gasteiger partial charge in [-0.1, -0.05) is 0 Å². The number of nitrogens with two attached hydrogens (primary N) is 1. The zero-order valence-corrected chi connectivity index (χ0v) is 8.34. The Kier molecular flexibility index (Phi) is 2.40. The van der Waals surface area contributed by atoms with Crippen molar-refractivity contribution >= 4 is 5.91 Å². The lowest BCUT2D eigenvalue weighted by molar-refractivity contribution is -0.144. The van der Waals surface area contributed by atoms with E-state index in [0.29, 0.717) is 18.7 Å². The molecule has 4 nitrogen and oxygen atoms in total. The van der Waals surface area contributed by atoms with Crippen LogP contribution in [-0.4, -0.2) is 15.5 Å². The average Bonchev–Trinajstić information content (AvgIpc) is 2.55. The number of fused-ring (bicyclic) bond motifs is 1. The molecule has 2 heterocycles. The molecule has 0 fully saturated rings. The number of carbonyl (C=O) groups excluding carboxylic acids is 1. The van der Waals surface area contributed by atoms with E-state index in [1.165, 1.54) is 0 Å². The van der Waals surface area contributed by atoms with Crippen molar-refractivity contribution in [1.29, 1.82) is 0 Å². The number of aromatic nitrogens is 2. The van der Waals surface area contributed by atoms with Crippen molar-refractivity contribution in [3.8, 4) is 0 Å². The highest BCUT2D eigenvalue weighted by Gasteiger charge is 2.41. The van der Waals surface area contributed by atoms with E-state index in [0.717, 1.165) is 11.0 Å². The molecule has 7 heteroatoms. The highest BCUT2D eigenvalue weighted by atomic mass is 19.4. The molecule has 88 valence electrons. The Hall–Kier alpha value is -1.53. The minimum atomic E-state index is -4.59. The molecule has 1 amide bonds. The molecule has 0 aliphatic carbocycles. The Morgan fingerprint density at radius 3 is 2.62 bits per heavy atom. The van der Waals surface area contributed by atoms with Crippen LogP contribution in [0.4, 0.5) is 13.2 Å². The number of amides is 1. The molecule has 2 rings (SSSR count). The Bertz CT molecular complexity index is 436. The number of rotatable bonds is 1. The van der Waals surface area contributed by atoms with Crippen molar-refractivity contribution in [3.63, 3.8) is 0 Å². The summed E-state index contributed by atoms with van der Waals surface area (Å²) in [5.41, 5.74) is 3.24. The van der Waals surface area contributed by atoms with Gasteiger partial charge in [-0.15, -0.1) is 0 Å². The van der Waals surface area contributed by atoms with Gasteiger partial charge < -0.3 is 10.3 Å². The molecule has 1 aromatic heterocycles. The fourth-order valence-corrected chi connectivity index (χ4v) is 1.94. The van der Waals surface area contributed by atoms with Crippen molar-refractivity contribution in [2.75, 3.05) is 0 Å². The summed E-state index contributed by atoms with van der Waals surface area (Å²) in [4.78, 5) is 14.6. The van der Waals surface area contributed by atoms with E-state index in [1.54, 1.807) is 0 Å². The summed E-state index contributed by atoms with van der Waals surface area (Å²) >= 11 is 0. The lowest BCUT2D eigenvalue weighted by Crippen LogP contribution is -2.22. The summed E-state index contributed by atoms with van der Waals surface area (Å²) in [6.07, 6.45) is -2.69. The van der Waals surface area contributed by atoms with Gasteiger partial charge in [0, 0.05) is 13.0 Å². The zero-order valence-electron chi connectivity index (χ0n) is 8.34. The molecule has 1 aliphatic rings. The summed E-state index contributed by atoms with van der Waals surface area (Å²) < 4.78 is 39.3. The molecule has 1 aliphatic heterocycles. The van der Waals surface area contributed by atoms with Crippen LogP contribution in [-0.2, 0) is 19.1 Å². The molecule has 0 saturated heterocycles. The van der Waals surface area contributed by atoms with Crippen molar-refractivity contribution < 1.29 is 18.0 Å². The fraction of sp³-hybridized carbons (Fsp3) is 0.556. The van der Waals surface area contributed by atoms with E-state index in [2.05, 4.69) is 4.98 Å². The third kappa shape index (κ3) is 1.66. The standard InChI is InChI=1S/C9H10F3N3O/c10-9(11,12)7-6(8(13)16)14-5-3-1-2-4-15(5)7/h1-4H2,(H2,13,16). The second kappa shape index (κ2) is 3.50. The maximum Gasteiger partial charge on any atom is 0.433 e. The molecule has 0 saturated carbocycles. The average molecular weight is 233 g/mol. The van der Waals surface area contributed by atoms with E-state index in [4.69, 9.17) is 5.73 Å². The number of halogens is 3. The maximum atomic E-state index is 12.8. The van der Waals surface area contributed by atoms with Crippen molar-refractivity contribution in [1.82, 2.24) is 9.55 Å². The predicted molar refractivity (Wildman–Crippen MR) is 48.7 cm³/mol. The van der Waals surface area contributed by atoms with Crippen LogP contribution in [0.2, 0.25) is 0 Å². The van der Waals surface area contributed by atoms with Crippen LogP contribution in [0.1, 0.15) is 34.8 Å². The topological polar surface area (TPSA) is 60.9 Å². The molecule has 0 aromatic carbocycles. The van der Waals surface area contributed by atoms with Gasteiger partial charge in [-0.05, 0) is 12.8 Å². The van der Waals surface area contributed by atoms with Crippen LogP contribution >= 0.6 is 0 Å². The normalized spacial score (nSPS) is 15.9. The Morgan fingerprint density at radius 2 is 2.06 bits per heavy atom. The second-order valence-electron chi connectivity index (χ2n) is 3.70. The number of nitrogens with zero attached hydrogens (tertiary/aromatic N) is 2. The van der Waals surface area contributed by atoms with E-state index >= 15 is 0 Å². The van der Waals surface area contributed by atoms with Crippen LogP contribution < -0.4 is 5.73 Å². The van der Waals surface area contributed by atoms with Crippen molar-refractivity contribution in [3.05, 3.63) is 17.2 Å². The number of alkyl halides is 3. The van der Waals surface area contributed by atoms with Gasteiger partial charge in [0.15, 0.2) is 11.4 Å². The van der Waals surface area contributed by atoms with E-state index in [-0.39, 0.29) is 6.54 Å². The zero-order chi connectivity index (χ0) is 11.9. The first-order valence-corrected chi connectivity index (χ1v) is 4.87. The summed E-state index contributed by atoms with van der Waals surface area (Å²) in [6.45, 7) is 0.241. The third-order valence-electron chi connectivity index (χ3n) is 2.58. The second-order valence-corrected chi connectivity index (χ2v) is 3.70. The van der Waals surface area contributed by atoms with Crippen LogP contribution in [0.5, 0.6) is 0 Å². The molecule has 0 radical (unpaired) electrons. The number of primary amides is 1. The highest BCUT2D eigenvalue weighted by molar-refractivity contribution is 5.92. The third-order valence-corrected chi connectivity index (χ3v) is 2.58. The Morgan fingerprint density at radius 1 is 1.38 bits per heavy atom. The molecule has 2 N–H and O–H groups in total. The van der Waals surface area contributed by atoms with Crippen LogP contribution in [0, 0.1) is 0 Å². The van der Waals surface area contributed by atoms with Gasteiger partial charge in [-0.25, -0.2) is 4.98 Å². The molecule has 16 heavy (non-hydrogen) atoms. The molecule has 0 atom stereocenters. The summed E-state index contributed by atoms with van der Waals surface area (Å²) in [5, 5.41) is 0. The van der Waals surface area contributed by atoms with Crippen molar-refractivity contribution in [2.24, 2.45) is 5.73 Å². The van der Waals surface area contributed by atoms with Gasteiger partial charge in [0.05, 0.1) is 0 Å². The number of imidazole rings is 1. The Balaban J connectivity index is 2.62. The maximum absolute atomic E-state index is 12.8. The molecular weight excluding hydrogens is 223 g/mol. The van der Waals surface area contributed by atoms with Crippen LogP contribution in [0.3, 0.4) is 0 Å². The molecule has 0 bridgehead atoms. The lowest BCUT2D eigenvalue weighted by atomic mass is 10.1. The highest BCUT2D eigenvalue weighted by Crippen LogP contribution is 2.34. The summed E-state index contributed by atoms with van der Waals surface area (Å²) in [6, 6.07) is 0. The Labute approximate surface area is 89.3 Å². The summed E-state index contributed by atoms with van der Waals surface area (Å²) in [5.74, 6) is -0.832. The largest absolute Gasteiger partial charge is 0.433 e. The monoisotopic (exact) mass is 233 g/mol. The van der Waals surface area contributed by atoms with Gasteiger partial charge in [0.2, 0.25) is 0 Å². The molecule has 0 unspecified atom stereocenters. The quantitative estimate of drug-likeness (QED) is 0.795. The first-order chi connectivity index (χ1) is 7.41. The minimum Gasteiger partial charge on any atom is -0.364 e. The number of carbonyl (C=O) groups is 1. The molecule has 1 aromatic rings. The van der Waals surface area contributed by atoms with E-state index in [1.807, 2.05) is 0 Å². The van der Waals surface area contributed by atoms with Gasteiger partial charge in [-0.3, -0.25) is 4.79 Å². The summed E-state index contributed by atoms with van der Waals surface area (Å²) in [7, 11) is 0. The lowest BCUT2D eigenvalue weighted by Gasteiger charge is -2.17. The minimum absolute atomic E-state index is 0.241. The number of hydrogen-bond donors (Lipinski definition) is 1. The van der Waals surface area contributed by atoms with Gasteiger partial charge in [0.1, 0.15) is 5.82 Å². The first kappa shape index (κ1) is 11.0. The molecule has 0 spiro atoms. The van der Waals surface area contributed by atoms with Crippen LogP contribution in [0.25, 0.3) is 0 Å². The van der Waals surface area contributed by atoms with E-state index in [9.17, 15) is 18.0 Å².